The van der Waals surface area contributed by atoms with Gasteiger partial charge in [-0.2, -0.15) is 0 Å². The molecule has 42 valence electrons. The van der Waals surface area contributed by atoms with Gasteiger partial charge in [0.15, 0.2) is 0 Å². The SMILES string of the molecule is CC(C)(P)C(=O)O. The topological polar surface area (TPSA) is 37.3 Å². The maximum absolute atomic E-state index is 10.0. The van der Waals surface area contributed by atoms with Crippen molar-refractivity contribution in [1.82, 2.24) is 0 Å². The normalized spacial score (nSPS) is 11.3. The number of rotatable bonds is 1. The van der Waals surface area contributed by atoms with Crippen molar-refractivity contribution in [3.63, 3.8) is 0 Å². The van der Waals surface area contributed by atoms with Crippen LogP contribution in [0.4, 0.5) is 0 Å². The van der Waals surface area contributed by atoms with Gasteiger partial charge >= 0.3 is 5.97 Å². The number of carbonyl (C=O) groups is 1. The lowest BCUT2D eigenvalue weighted by Gasteiger charge is -2.08. The highest BCUT2D eigenvalue weighted by atomic mass is 31.0. The largest absolute Gasteiger partial charge is 0.481 e. The minimum absolute atomic E-state index is 0.667. The van der Waals surface area contributed by atoms with Gasteiger partial charge in [0.25, 0.3) is 0 Å². The van der Waals surface area contributed by atoms with Crippen LogP contribution in [0, 0.1) is 0 Å². The summed E-state index contributed by atoms with van der Waals surface area (Å²) in [6.45, 7) is 3.25. The molecule has 0 fully saturated rings. The fourth-order valence-corrected chi connectivity index (χ4v) is 0. The zero-order valence-electron chi connectivity index (χ0n) is 4.43. The minimum atomic E-state index is -0.794. The molecule has 7 heavy (non-hydrogen) atoms. The number of aliphatic carboxylic acids is 1. The summed E-state index contributed by atoms with van der Waals surface area (Å²) in [6, 6.07) is 0. The van der Waals surface area contributed by atoms with E-state index in [1.54, 1.807) is 13.8 Å². The molecule has 1 N–H and O–H groups in total. The second-order valence-corrected chi connectivity index (χ2v) is 3.47. The summed E-state index contributed by atoms with van der Waals surface area (Å²) in [6.07, 6.45) is 0. The molecule has 0 amide bonds. The van der Waals surface area contributed by atoms with E-state index in [1.807, 2.05) is 0 Å². The molecule has 2 nitrogen and oxygen atoms in total. The lowest BCUT2D eigenvalue weighted by Crippen LogP contribution is -2.22. The Morgan fingerprint density at radius 1 is 1.71 bits per heavy atom. The van der Waals surface area contributed by atoms with Crippen LogP contribution in [0.2, 0.25) is 0 Å². The van der Waals surface area contributed by atoms with Crippen LogP contribution < -0.4 is 0 Å². The summed E-state index contributed by atoms with van der Waals surface area (Å²) >= 11 is 0. The third-order valence-electron chi connectivity index (χ3n) is 0.551. The average molecular weight is 120 g/mol. The van der Waals surface area contributed by atoms with Gasteiger partial charge in [-0.15, -0.1) is 9.24 Å². The van der Waals surface area contributed by atoms with Crippen LogP contribution >= 0.6 is 9.24 Å². The van der Waals surface area contributed by atoms with Crippen molar-refractivity contribution in [2.75, 3.05) is 0 Å². The highest BCUT2D eigenvalue weighted by Gasteiger charge is 2.19. The van der Waals surface area contributed by atoms with Crippen molar-refractivity contribution in [3.05, 3.63) is 0 Å². The van der Waals surface area contributed by atoms with Crippen molar-refractivity contribution in [2.45, 2.75) is 19.0 Å². The highest BCUT2D eigenvalue weighted by molar-refractivity contribution is 7.20. The maximum Gasteiger partial charge on any atom is 0.312 e. The lowest BCUT2D eigenvalue weighted by molar-refractivity contribution is -0.138. The predicted molar refractivity (Wildman–Crippen MR) is 31.4 cm³/mol. The maximum atomic E-state index is 10.0. The van der Waals surface area contributed by atoms with Crippen LogP contribution in [0.5, 0.6) is 0 Å². The van der Waals surface area contributed by atoms with Gasteiger partial charge in [-0.3, -0.25) is 4.79 Å². The third-order valence-corrected chi connectivity index (χ3v) is 0.798. The Bertz CT molecular complexity index is 82.2. The van der Waals surface area contributed by atoms with Crippen molar-refractivity contribution < 1.29 is 9.90 Å². The number of carboxylic acid groups (broad SMARTS) is 1. The summed E-state index contributed by atoms with van der Waals surface area (Å²) in [5, 5.41) is 7.56. The first-order valence-corrected chi connectivity index (χ1v) is 2.54. The molecule has 3 heteroatoms. The van der Waals surface area contributed by atoms with Gasteiger partial charge in [0.1, 0.15) is 0 Å². The van der Waals surface area contributed by atoms with Crippen molar-refractivity contribution in [2.24, 2.45) is 0 Å². The molecule has 1 atom stereocenters. The van der Waals surface area contributed by atoms with E-state index in [-0.39, 0.29) is 0 Å². The zero-order valence-corrected chi connectivity index (χ0v) is 5.59. The standard InChI is InChI=1S/C4H9O2P/c1-4(2,7)3(5)6/h7H2,1-2H3,(H,5,6). The number of hydrogen-bond acceptors (Lipinski definition) is 1. The molecule has 0 radical (unpaired) electrons. The van der Waals surface area contributed by atoms with Gasteiger partial charge in [-0.1, -0.05) is 0 Å². The van der Waals surface area contributed by atoms with Gasteiger partial charge in [0.2, 0.25) is 0 Å². The molecule has 1 unspecified atom stereocenters. The summed E-state index contributed by atoms with van der Waals surface area (Å²) < 4.78 is 0. The lowest BCUT2D eigenvalue weighted by atomic mass is 10.2. The molecule has 0 saturated carbocycles. The second kappa shape index (κ2) is 1.79. The predicted octanol–water partition coefficient (Wildman–Crippen LogP) is 0.725. The molecule has 0 heterocycles. The van der Waals surface area contributed by atoms with Crippen molar-refractivity contribution >= 4 is 15.2 Å². The Morgan fingerprint density at radius 3 is 1.86 bits per heavy atom. The monoisotopic (exact) mass is 120 g/mol. The smallest absolute Gasteiger partial charge is 0.312 e. The fraction of sp³-hybridized carbons (Fsp3) is 0.750. The Morgan fingerprint density at radius 2 is 1.86 bits per heavy atom. The van der Waals surface area contributed by atoms with E-state index in [1.165, 1.54) is 0 Å². The molecule has 0 spiro atoms. The third kappa shape index (κ3) is 2.58. The summed E-state index contributed by atoms with van der Waals surface area (Å²) in [5.74, 6) is -0.794. The first kappa shape index (κ1) is 6.90. The summed E-state index contributed by atoms with van der Waals surface area (Å²) in [7, 11) is 2.23. The molecule has 0 saturated heterocycles. The summed E-state index contributed by atoms with van der Waals surface area (Å²) in [5.41, 5.74) is 0. The molecule has 0 aliphatic rings. The quantitative estimate of drug-likeness (QED) is 0.518. The molecule has 0 aromatic carbocycles. The van der Waals surface area contributed by atoms with E-state index in [2.05, 4.69) is 9.24 Å². The Labute approximate surface area is 45.1 Å². The molecule has 0 aromatic rings. The Balaban J connectivity index is 3.79. The van der Waals surface area contributed by atoms with Gasteiger partial charge < -0.3 is 5.11 Å². The first-order valence-electron chi connectivity index (χ1n) is 1.97. The van der Waals surface area contributed by atoms with Crippen LogP contribution in [0.1, 0.15) is 13.8 Å². The molecule has 0 bridgehead atoms. The summed E-state index contributed by atoms with van der Waals surface area (Å²) in [4.78, 5) is 10.0. The van der Waals surface area contributed by atoms with E-state index < -0.39 is 11.1 Å². The van der Waals surface area contributed by atoms with Crippen molar-refractivity contribution in [3.8, 4) is 0 Å². The highest BCUT2D eigenvalue weighted by Crippen LogP contribution is 2.14. The molecular weight excluding hydrogens is 111 g/mol. The van der Waals surface area contributed by atoms with E-state index in [9.17, 15) is 4.79 Å². The average Bonchev–Trinajstić information content (AvgIpc) is 1.31. The van der Waals surface area contributed by atoms with Crippen LogP contribution in [0.3, 0.4) is 0 Å². The van der Waals surface area contributed by atoms with Crippen molar-refractivity contribution in [1.29, 1.82) is 0 Å². The van der Waals surface area contributed by atoms with E-state index >= 15 is 0 Å². The molecule has 0 aromatic heterocycles. The molecular formula is C4H9O2P. The zero-order chi connectivity index (χ0) is 6.08. The minimum Gasteiger partial charge on any atom is -0.481 e. The van der Waals surface area contributed by atoms with Gasteiger partial charge in [0.05, 0.1) is 5.16 Å². The second-order valence-electron chi connectivity index (χ2n) is 2.03. The van der Waals surface area contributed by atoms with Crippen LogP contribution in [-0.4, -0.2) is 16.2 Å². The number of carboxylic acids is 1. The van der Waals surface area contributed by atoms with Crippen LogP contribution in [-0.2, 0) is 4.79 Å². The van der Waals surface area contributed by atoms with Crippen LogP contribution in [0.25, 0.3) is 0 Å². The van der Waals surface area contributed by atoms with Crippen LogP contribution in [0.15, 0.2) is 0 Å². The molecule has 0 rings (SSSR count). The Hall–Kier alpha value is -0.100. The molecule has 0 aliphatic heterocycles. The van der Waals surface area contributed by atoms with Gasteiger partial charge in [-0.25, -0.2) is 0 Å². The van der Waals surface area contributed by atoms with E-state index in [4.69, 9.17) is 5.11 Å². The Kier molecular flexibility index (Phi) is 1.76. The van der Waals surface area contributed by atoms with Gasteiger partial charge in [0, 0.05) is 0 Å². The molecule has 0 aliphatic carbocycles. The number of hydrogen-bond donors (Lipinski definition) is 1. The van der Waals surface area contributed by atoms with E-state index in [0.29, 0.717) is 0 Å². The van der Waals surface area contributed by atoms with Gasteiger partial charge in [-0.05, 0) is 13.8 Å². The first-order chi connectivity index (χ1) is 2.94. The van der Waals surface area contributed by atoms with E-state index in [0.717, 1.165) is 0 Å². The fourth-order valence-electron chi connectivity index (χ4n) is 0.